The molecular formula is C39H54N4O7. The van der Waals surface area contributed by atoms with Crippen molar-refractivity contribution in [2.45, 2.75) is 89.8 Å². The lowest BCUT2D eigenvalue weighted by Gasteiger charge is -2.34. The number of β-amino-alcohol motifs (C(OH)–C–C–N with tert-alkyl or cyclic N) is 1. The first-order valence-electron chi connectivity index (χ1n) is 17.8. The first-order chi connectivity index (χ1) is 24.1. The minimum Gasteiger partial charge on any atom is -0.445 e. The van der Waals surface area contributed by atoms with Gasteiger partial charge in [0.15, 0.2) is 0 Å². The maximum Gasteiger partial charge on any atom is 0.408 e. The highest BCUT2D eigenvalue weighted by Crippen LogP contribution is 2.20. The Bertz CT molecular complexity index is 1490. The fourth-order valence-corrected chi connectivity index (χ4v) is 6.26. The topological polar surface area (TPSA) is 149 Å². The zero-order valence-corrected chi connectivity index (χ0v) is 29.6. The monoisotopic (exact) mass is 690 g/mol. The van der Waals surface area contributed by atoms with E-state index in [4.69, 9.17) is 9.47 Å². The van der Waals surface area contributed by atoms with Crippen LogP contribution < -0.4 is 16.0 Å². The molecule has 0 aromatic heterocycles. The number of rotatable bonds is 18. The first kappa shape index (κ1) is 38.8. The molecule has 5 N–H and O–H groups in total. The molecule has 11 heteroatoms. The lowest BCUT2D eigenvalue weighted by Crippen LogP contribution is -2.58. The Hall–Kier alpha value is -4.03. The third kappa shape index (κ3) is 12.1. The molecule has 3 amide bonds. The van der Waals surface area contributed by atoms with Gasteiger partial charge >= 0.3 is 6.09 Å². The summed E-state index contributed by atoms with van der Waals surface area (Å²) >= 11 is 0. The van der Waals surface area contributed by atoms with Crippen molar-refractivity contribution in [2.24, 2.45) is 5.92 Å². The van der Waals surface area contributed by atoms with Crippen molar-refractivity contribution < 1.29 is 34.1 Å². The van der Waals surface area contributed by atoms with E-state index in [0.717, 1.165) is 28.3 Å². The second kappa shape index (κ2) is 20.0. The molecule has 1 saturated heterocycles. The van der Waals surface area contributed by atoms with Crippen LogP contribution in [0.3, 0.4) is 0 Å². The van der Waals surface area contributed by atoms with Crippen LogP contribution in [0.2, 0.25) is 0 Å². The van der Waals surface area contributed by atoms with E-state index in [-0.39, 0.29) is 25.5 Å². The van der Waals surface area contributed by atoms with Crippen LogP contribution in [0.4, 0.5) is 4.79 Å². The maximum atomic E-state index is 14.0. The number of carbonyl (C=O) groups is 3. The molecule has 11 nitrogen and oxygen atoms in total. The van der Waals surface area contributed by atoms with Crippen LogP contribution in [-0.4, -0.2) is 96.2 Å². The molecule has 272 valence electrons. The van der Waals surface area contributed by atoms with Gasteiger partial charge in [-0.05, 0) is 40.7 Å². The Morgan fingerprint density at radius 2 is 1.54 bits per heavy atom. The number of carbonyl (C=O) groups excluding carboxylic acids is 3. The zero-order valence-electron chi connectivity index (χ0n) is 29.6. The predicted molar refractivity (Wildman–Crippen MR) is 193 cm³/mol. The number of hydrogen-bond acceptors (Lipinski definition) is 8. The van der Waals surface area contributed by atoms with E-state index in [0.29, 0.717) is 45.6 Å². The normalized spacial score (nSPS) is 16.6. The summed E-state index contributed by atoms with van der Waals surface area (Å²) < 4.78 is 10.9. The van der Waals surface area contributed by atoms with E-state index < -0.39 is 48.2 Å². The molecule has 5 atom stereocenters. The van der Waals surface area contributed by atoms with Crippen molar-refractivity contribution in [3.05, 3.63) is 83.9 Å². The number of aliphatic hydroxyl groups is 2. The minimum absolute atomic E-state index is 0.0355. The molecular weight excluding hydrogens is 636 g/mol. The number of benzene rings is 3. The van der Waals surface area contributed by atoms with Crippen molar-refractivity contribution in [2.75, 3.05) is 32.8 Å². The summed E-state index contributed by atoms with van der Waals surface area (Å²) in [6, 6.07) is 20.2. The summed E-state index contributed by atoms with van der Waals surface area (Å²) in [5.41, 5.74) is 1.66. The van der Waals surface area contributed by atoms with Gasteiger partial charge in [-0.3, -0.25) is 14.5 Å². The third-order valence-electron chi connectivity index (χ3n) is 9.01. The van der Waals surface area contributed by atoms with Crippen LogP contribution in [0.15, 0.2) is 72.8 Å². The van der Waals surface area contributed by atoms with E-state index in [9.17, 15) is 24.6 Å². The van der Waals surface area contributed by atoms with E-state index in [1.165, 1.54) is 0 Å². The minimum atomic E-state index is -1.22. The van der Waals surface area contributed by atoms with E-state index in [1.54, 1.807) is 0 Å². The fraction of sp³-hybridized carbons (Fsp3) is 0.513. The van der Waals surface area contributed by atoms with Crippen molar-refractivity contribution in [3.63, 3.8) is 0 Å². The first-order valence-corrected chi connectivity index (χ1v) is 17.8. The molecule has 0 aliphatic carbocycles. The van der Waals surface area contributed by atoms with Crippen LogP contribution in [-0.2, 0) is 32.1 Å². The Kier molecular flexibility index (Phi) is 15.5. The molecule has 0 radical (unpaired) electrons. The largest absolute Gasteiger partial charge is 0.445 e. The summed E-state index contributed by atoms with van der Waals surface area (Å²) in [4.78, 5) is 43.0. The van der Waals surface area contributed by atoms with Gasteiger partial charge in [0.25, 0.3) is 0 Å². The van der Waals surface area contributed by atoms with Crippen molar-refractivity contribution in [3.8, 4) is 0 Å². The van der Waals surface area contributed by atoms with Gasteiger partial charge in [0.1, 0.15) is 24.8 Å². The highest BCUT2D eigenvalue weighted by atomic mass is 16.5. The van der Waals surface area contributed by atoms with Gasteiger partial charge in [-0.15, -0.1) is 0 Å². The molecule has 50 heavy (non-hydrogen) atoms. The van der Waals surface area contributed by atoms with E-state index in [2.05, 4.69) is 16.0 Å². The molecule has 0 spiro atoms. The third-order valence-corrected chi connectivity index (χ3v) is 9.01. The molecule has 1 aliphatic heterocycles. The summed E-state index contributed by atoms with van der Waals surface area (Å²) in [5.74, 6) is -0.866. The Labute approximate surface area is 295 Å². The van der Waals surface area contributed by atoms with Gasteiger partial charge in [0, 0.05) is 26.1 Å². The standard InChI is InChI=1S/C39H54N4O7/c1-4-5-18-32(37(46)41-33(23-27(2)3)36(45)35(44)25-43-19-21-49-22-20-43)40-38(47)34(42-39(48)50-26-28-12-7-6-8-13-28)24-30-16-11-15-29-14-9-10-17-31(29)30/h6-17,27,32-36,44-45H,4-5,18-26H2,1-3H3,(H,40,47)(H,41,46)(H,42,48)/t32-,33-,34-,35-,36+/m0/s1. The number of morpholine rings is 1. The zero-order chi connectivity index (χ0) is 35.9. The van der Waals surface area contributed by atoms with E-state index in [1.807, 2.05) is 98.5 Å². The van der Waals surface area contributed by atoms with Crippen molar-refractivity contribution in [1.82, 2.24) is 20.9 Å². The van der Waals surface area contributed by atoms with Gasteiger partial charge < -0.3 is 35.6 Å². The molecule has 0 bridgehead atoms. The van der Waals surface area contributed by atoms with Crippen LogP contribution in [0.5, 0.6) is 0 Å². The number of nitrogens with one attached hydrogen (secondary N) is 3. The smallest absolute Gasteiger partial charge is 0.408 e. The molecule has 4 rings (SSSR count). The second-order valence-electron chi connectivity index (χ2n) is 13.5. The average molecular weight is 691 g/mol. The van der Waals surface area contributed by atoms with E-state index >= 15 is 0 Å². The number of nitrogens with zero attached hydrogens (tertiary/aromatic N) is 1. The molecule has 0 saturated carbocycles. The molecule has 1 fully saturated rings. The lowest BCUT2D eigenvalue weighted by molar-refractivity contribution is -0.131. The number of fused-ring (bicyclic) bond motifs is 1. The summed E-state index contributed by atoms with van der Waals surface area (Å²) in [6.07, 6.45) is -0.649. The second-order valence-corrected chi connectivity index (χ2v) is 13.5. The number of alkyl carbamates (subject to hydrolysis) is 1. The number of unbranched alkanes of at least 4 members (excludes halogenated alkanes) is 1. The quantitative estimate of drug-likeness (QED) is 0.135. The Balaban J connectivity index is 1.50. The molecule has 0 unspecified atom stereocenters. The number of amides is 3. The van der Waals surface area contributed by atoms with Gasteiger partial charge in [-0.1, -0.05) is 106 Å². The average Bonchev–Trinajstić information content (AvgIpc) is 3.12. The molecule has 1 heterocycles. The molecule has 3 aromatic rings. The Morgan fingerprint density at radius 1 is 0.860 bits per heavy atom. The van der Waals surface area contributed by atoms with Crippen LogP contribution in [0, 0.1) is 5.92 Å². The molecule has 3 aromatic carbocycles. The lowest BCUT2D eigenvalue weighted by atomic mass is 9.94. The fourth-order valence-electron chi connectivity index (χ4n) is 6.26. The van der Waals surface area contributed by atoms with Gasteiger partial charge in [0.2, 0.25) is 11.8 Å². The van der Waals surface area contributed by atoms with Crippen LogP contribution >= 0.6 is 0 Å². The summed E-state index contributed by atoms with van der Waals surface area (Å²) in [5, 5.41) is 32.8. The Morgan fingerprint density at radius 3 is 2.26 bits per heavy atom. The number of ether oxygens (including phenoxy) is 2. The van der Waals surface area contributed by atoms with Crippen LogP contribution in [0.25, 0.3) is 10.8 Å². The van der Waals surface area contributed by atoms with Gasteiger partial charge in [0.05, 0.1) is 25.4 Å². The maximum absolute atomic E-state index is 14.0. The summed E-state index contributed by atoms with van der Waals surface area (Å²) in [6.45, 7) is 8.70. The SMILES string of the molecule is CCCC[C@H](NC(=O)[C@H](Cc1cccc2ccccc12)NC(=O)OCc1ccccc1)C(=O)N[C@@H](CC(C)C)[C@@H](O)[C@@H](O)CN1CCOCC1. The number of hydrogen-bond donors (Lipinski definition) is 5. The predicted octanol–water partition coefficient (Wildman–Crippen LogP) is 3.94. The highest BCUT2D eigenvalue weighted by Gasteiger charge is 2.33. The number of aliphatic hydroxyl groups excluding tert-OH is 2. The van der Waals surface area contributed by atoms with Crippen molar-refractivity contribution >= 4 is 28.7 Å². The van der Waals surface area contributed by atoms with Crippen molar-refractivity contribution in [1.29, 1.82) is 0 Å². The van der Waals surface area contributed by atoms with Gasteiger partial charge in [-0.2, -0.15) is 0 Å². The molecule has 1 aliphatic rings. The summed E-state index contributed by atoms with van der Waals surface area (Å²) in [7, 11) is 0. The highest BCUT2D eigenvalue weighted by molar-refractivity contribution is 5.92. The van der Waals surface area contributed by atoms with Crippen LogP contribution in [0.1, 0.15) is 57.6 Å². The van der Waals surface area contributed by atoms with Gasteiger partial charge in [-0.25, -0.2) is 4.79 Å².